The summed E-state index contributed by atoms with van der Waals surface area (Å²) in [4.78, 5) is 116. The second-order valence-electron chi connectivity index (χ2n) is 31.8. The summed E-state index contributed by atoms with van der Waals surface area (Å²) < 4.78 is 62.2. The highest BCUT2D eigenvalue weighted by Crippen LogP contribution is 2.44. The minimum Gasteiger partial charge on any atom is -0.459 e. The van der Waals surface area contributed by atoms with Gasteiger partial charge in [-0.05, 0) is 171 Å². The Morgan fingerprint density at radius 1 is 0.573 bits per heavy atom. The van der Waals surface area contributed by atoms with Gasteiger partial charge in [0.25, 0.3) is 10.3 Å². The number of fused-ring (bicyclic) bond motifs is 2. The summed E-state index contributed by atoms with van der Waals surface area (Å²) >= 11 is 10.8. The molecule has 26 atom stereocenters. The van der Waals surface area contributed by atoms with Crippen molar-refractivity contribution in [3.8, 4) is 0 Å². The maximum absolute atomic E-state index is 14.4. The van der Waals surface area contributed by atoms with E-state index >= 15 is 0 Å². The number of hydrogen-bond acceptors (Lipinski definition) is 25. The Kier molecular flexibility index (Phi) is 33.9. The summed E-state index contributed by atoms with van der Waals surface area (Å²) in [6.07, 6.45) is -4.68. The highest BCUT2D eigenvalue weighted by atomic mass is 32.1. The number of ketones is 4. The number of amides is 2. The first kappa shape index (κ1) is 92.2. The van der Waals surface area contributed by atoms with Crippen LogP contribution in [0.15, 0.2) is 66.7 Å². The van der Waals surface area contributed by atoms with Gasteiger partial charge in [0.2, 0.25) is 0 Å². The molecule has 2 amide bonds. The number of carbonyl (C=O) groups is 8. The number of thiocarbonyl (C=S) groups is 2. The van der Waals surface area contributed by atoms with Crippen molar-refractivity contribution in [1.82, 2.24) is 31.1 Å². The molecule has 6 saturated heterocycles. The molecule has 7 N–H and O–H groups in total. The Labute approximate surface area is 660 Å². The lowest BCUT2D eigenvalue weighted by atomic mass is 9.73. The number of Topliss-reactive ketones (excluding diaryl/α,β-unsaturated/α-hetero) is 4. The molecule has 27 nitrogen and oxygen atoms in total. The van der Waals surface area contributed by atoms with Crippen LogP contribution < -0.4 is 21.3 Å². The van der Waals surface area contributed by atoms with Crippen molar-refractivity contribution < 1.29 is 101 Å². The number of alkyl carbamates (subject to hydrolysis) is 2. The summed E-state index contributed by atoms with van der Waals surface area (Å²) in [5.74, 6) is -10.7. The molecule has 8 rings (SSSR count). The largest absolute Gasteiger partial charge is 0.459 e. The number of ether oxygens (including phenoxy) is 10. The van der Waals surface area contributed by atoms with E-state index in [4.69, 9.17) is 76.9 Å². The highest BCUT2D eigenvalue weighted by Gasteiger charge is 2.60. The zero-order valence-corrected chi connectivity index (χ0v) is 69.7. The van der Waals surface area contributed by atoms with Crippen LogP contribution in [0.3, 0.4) is 0 Å². The van der Waals surface area contributed by atoms with Crippen LogP contribution in [0.5, 0.6) is 0 Å². The van der Waals surface area contributed by atoms with Gasteiger partial charge in [-0.3, -0.25) is 28.8 Å². The molecule has 29 heteroatoms. The predicted molar refractivity (Wildman–Crippen MR) is 420 cm³/mol. The molecule has 6 heterocycles. The Morgan fingerprint density at radius 2 is 0.955 bits per heavy atom. The SMILES string of the molecule is CC[C@H]1OC(=O)[C@H](C)C(=O)[C@H](C)[C@@H](O[C@@H]2O[C@H](C)C[C@H](N(C)C)[C@H]2O)[C@](C)(OC(=O)NC/C=C/c2ccccc2)C[C@@H](C)C(=O)[C@H](C)[C@H]2NC(=S)O[C@@]21C.CC[C@H]1OC(=O)[C@H](C)C(=O)[C@H](C)[C@@H](O[C@@H]2O[C@H](C)C[C@H](N(C)C)[C@H]2O)[C@](C)(OC(=O)NCCCc2ccccc2)C[C@@H](C)C(=O)[C@H](C)[C@H]2NC(=S)O[C@@]21C.CO. The molecule has 616 valence electrons. The normalized spacial score (nSPS) is 37.5. The predicted octanol–water partition coefficient (Wildman–Crippen LogP) is 8.40. The maximum atomic E-state index is 14.4. The molecule has 0 saturated carbocycles. The molecule has 0 aromatic heterocycles. The molecular weight excluding hydrogens is 1460 g/mol. The summed E-state index contributed by atoms with van der Waals surface area (Å²) in [5, 5.41) is 42.0. The lowest BCUT2D eigenvalue weighted by Gasteiger charge is -2.47. The van der Waals surface area contributed by atoms with E-state index < -0.39 is 167 Å². The standard InChI is InChI=1S/C40H61N3O10S.C40H59N3O10S.CH4O/c2*1-11-29-40(8)33(42-38(54)53-40)24(4)30(44)22(2)21-39(7,52-37(48)41-19-15-18-27-16-13-12-14-17-27)34(25(5)31(45)26(6)35(47)50-29)51-36-32(46)28(43(9)10)20-23(3)49-36;1-2/h12-14,16-17,22-26,28-29,32-34,36,46H,11,15,18-21H2,1-10H3,(H,41,48)(H,42,54);12-18,22-26,28-29,32-34,36,46H,11,19-21H2,1-10H3,(H,41,48)(H,42,54);2H,1H3/b;18-15+;/t2*22-,23-,24+,25+,26-,28+,29-,32-,33-,34-,36+,39-,40-;/m11./s1. The zero-order chi connectivity index (χ0) is 82.2. The third-order valence-corrected chi connectivity index (χ3v) is 23.2. The van der Waals surface area contributed by atoms with Crippen LogP contribution in [0.1, 0.15) is 167 Å². The first-order chi connectivity index (χ1) is 51.6. The number of carbonyl (C=O) groups excluding carboxylic acids is 8. The number of nitrogens with one attached hydrogen (secondary N) is 4. The molecule has 0 aliphatic carbocycles. The van der Waals surface area contributed by atoms with Gasteiger partial charge in [-0.15, -0.1) is 0 Å². The average Bonchev–Trinajstić information content (AvgIpc) is 1.46. The number of hydrogen-bond donors (Lipinski definition) is 7. The van der Waals surface area contributed by atoms with Gasteiger partial charge in [-0.1, -0.05) is 128 Å². The maximum Gasteiger partial charge on any atom is 0.408 e. The Morgan fingerprint density at radius 3 is 1.34 bits per heavy atom. The minimum atomic E-state index is -1.67. The van der Waals surface area contributed by atoms with Crippen LogP contribution in [0.25, 0.3) is 6.08 Å². The van der Waals surface area contributed by atoms with Crippen molar-refractivity contribution in [3.05, 3.63) is 77.9 Å². The van der Waals surface area contributed by atoms with E-state index in [0.29, 0.717) is 38.6 Å². The van der Waals surface area contributed by atoms with Crippen LogP contribution in [-0.4, -0.2) is 239 Å². The Bertz CT molecular complexity index is 3490. The molecule has 6 aliphatic heterocycles. The van der Waals surface area contributed by atoms with Gasteiger partial charge in [0.15, 0.2) is 35.3 Å². The summed E-state index contributed by atoms with van der Waals surface area (Å²) in [6, 6.07) is 17.4. The number of likely N-dealkylation sites (N-methyl/N-ethyl adjacent to an activating group) is 2. The summed E-state index contributed by atoms with van der Waals surface area (Å²) in [6.45, 7) is 27.6. The van der Waals surface area contributed by atoms with Gasteiger partial charge in [0.05, 0.1) is 24.3 Å². The number of rotatable bonds is 17. The molecule has 0 spiro atoms. The fourth-order valence-electron chi connectivity index (χ4n) is 16.7. The molecule has 6 fully saturated rings. The van der Waals surface area contributed by atoms with Crippen molar-refractivity contribution in [3.63, 3.8) is 0 Å². The van der Waals surface area contributed by atoms with Crippen LogP contribution in [0.2, 0.25) is 0 Å². The first-order valence-corrected chi connectivity index (χ1v) is 39.5. The number of nitrogens with zero attached hydrogens (tertiary/aromatic N) is 2. The van der Waals surface area contributed by atoms with E-state index in [1.165, 1.54) is 13.8 Å². The van der Waals surface area contributed by atoms with Crippen molar-refractivity contribution in [2.45, 2.75) is 270 Å². The van der Waals surface area contributed by atoms with Crippen LogP contribution in [0.4, 0.5) is 9.59 Å². The minimum absolute atomic E-state index is 0.0594. The van der Waals surface area contributed by atoms with E-state index in [-0.39, 0.29) is 65.6 Å². The number of cyclic esters (lactones) is 2. The smallest absolute Gasteiger partial charge is 0.408 e. The Balaban J connectivity index is 0.000000336. The molecule has 110 heavy (non-hydrogen) atoms. The molecule has 6 aliphatic rings. The second kappa shape index (κ2) is 40.4. The van der Waals surface area contributed by atoms with Crippen LogP contribution in [-0.2, 0) is 82.6 Å². The third kappa shape index (κ3) is 22.4. The monoisotopic (exact) mass is 1580 g/mol. The van der Waals surface area contributed by atoms with E-state index in [1.807, 2.05) is 132 Å². The van der Waals surface area contributed by atoms with Gasteiger partial charge in [0.1, 0.15) is 71.2 Å². The number of aliphatic hydroxyl groups excluding tert-OH is 3. The fourth-order valence-corrected chi connectivity index (χ4v) is 17.3. The van der Waals surface area contributed by atoms with E-state index in [0.717, 1.165) is 24.7 Å². The topological polar surface area (TPSA) is 344 Å². The van der Waals surface area contributed by atoms with Crippen molar-refractivity contribution in [2.24, 2.45) is 47.3 Å². The van der Waals surface area contributed by atoms with Crippen LogP contribution >= 0.6 is 24.4 Å². The van der Waals surface area contributed by atoms with Crippen LogP contribution in [0, 0.1) is 47.3 Å². The molecule has 0 unspecified atom stereocenters. The summed E-state index contributed by atoms with van der Waals surface area (Å²) in [5.41, 5.74) is -3.69. The number of aryl methyl sites for hydroxylation is 1. The zero-order valence-electron chi connectivity index (χ0n) is 68.1. The van der Waals surface area contributed by atoms with Gasteiger partial charge in [-0.2, -0.15) is 0 Å². The van der Waals surface area contributed by atoms with Gasteiger partial charge in [-0.25, -0.2) is 9.59 Å². The fraction of sp³-hybridized carbons (Fsp3) is 0.704. The number of aliphatic hydroxyl groups is 3. The molecule has 0 bridgehead atoms. The van der Waals surface area contributed by atoms with Gasteiger partial charge >= 0.3 is 24.1 Å². The first-order valence-electron chi connectivity index (χ1n) is 38.6. The van der Waals surface area contributed by atoms with E-state index in [9.17, 15) is 48.6 Å². The Hall–Kier alpha value is -6.64. The third-order valence-electron chi connectivity index (χ3n) is 22.8. The van der Waals surface area contributed by atoms with E-state index in [1.54, 1.807) is 75.3 Å². The summed E-state index contributed by atoms with van der Waals surface area (Å²) in [7, 11) is 8.37. The lowest BCUT2D eigenvalue weighted by Crippen LogP contribution is -2.60. The van der Waals surface area contributed by atoms with Crippen molar-refractivity contribution in [1.29, 1.82) is 0 Å². The van der Waals surface area contributed by atoms with E-state index in [2.05, 4.69) is 21.3 Å². The molecule has 2 aromatic rings. The lowest BCUT2D eigenvalue weighted by molar-refractivity contribution is -0.292. The average molecular weight is 1580 g/mol. The molecule has 0 radical (unpaired) electrons. The second-order valence-corrected chi connectivity index (χ2v) is 32.6. The number of esters is 2. The quantitative estimate of drug-likeness (QED) is 0.0257. The van der Waals surface area contributed by atoms with Crippen molar-refractivity contribution >= 4 is 88.1 Å². The molecular formula is C81H124N6O21S2. The molecule has 2 aromatic carbocycles. The van der Waals surface area contributed by atoms with Gasteiger partial charge in [0, 0.05) is 67.8 Å². The van der Waals surface area contributed by atoms with Gasteiger partial charge < -0.3 is 93.8 Å². The van der Waals surface area contributed by atoms with Crippen molar-refractivity contribution in [2.75, 3.05) is 48.4 Å². The number of benzene rings is 2. The highest BCUT2D eigenvalue weighted by molar-refractivity contribution is 7.80.